The summed E-state index contributed by atoms with van der Waals surface area (Å²) in [4.78, 5) is 9.03. The third kappa shape index (κ3) is 5.46. The average Bonchev–Trinajstić information content (AvgIpc) is 3.16. The largest absolute Gasteiger partial charge is 0.390 e. The highest BCUT2D eigenvalue weighted by molar-refractivity contribution is 7.89. The molecule has 1 aromatic carbocycles. The van der Waals surface area contributed by atoms with Crippen molar-refractivity contribution in [3.05, 3.63) is 42.4 Å². The van der Waals surface area contributed by atoms with E-state index in [0.29, 0.717) is 29.9 Å². The summed E-state index contributed by atoms with van der Waals surface area (Å²) in [7, 11) is -3.75. The Morgan fingerprint density at radius 1 is 1.26 bits per heavy atom. The molecule has 3 rings (SSSR count). The van der Waals surface area contributed by atoms with E-state index < -0.39 is 15.6 Å². The SMILES string of the molecule is CCn1cc(-c2nc(-c3cc(S(=O)(=O)NCCC(C)(C)O)ccc3C)cnc2N)cn1. The Balaban J connectivity index is 1.96. The summed E-state index contributed by atoms with van der Waals surface area (Å²) in [6.07, 6.45) is 5.34. The minimum Gasteiger partial charge on any atom is -0.390 e. The zero-order chi connectivity index (χ0) is 22.8. The zero-order valence-corrected chi connectivity index (χ0v) is 18.9. The molecule has 4 N–H and O–H groups in total. The van der Waals surface area contributed by atoms with E-state index in [2.05, 4.69) is 19.8 Å². The predicted molar refractivity (Wildman–Crippen MR) is 120 cm³/mol. The fourth-order valence-corrected chi connectivity index (χ4v) is 4.08. The van der Waals surface area contributed by atoms with Crippen LogP contribution in [-0.4, -0.2) is 45.4 Å². The second kappa shape index (κ2) is 8.74. The molecule has 2 aromatic heterocycles. The van der Waals surface area contributed by atoms with Crippen LogP contribution in [-0.2, 0) is 16.6 Å². The first-order valence-electron chi connectivity index (χ1n) is 9.98. The number of aromatic nitrogens is 4. The third-order valence-corrected chi connectivity index (χ3v) is 6.31. The van der Waals surface area contributed by atoms with Gasteiger partial charge in [0.1, 0.15) is 11.5 Å². The maximum atomic E-state index is 12.7. The van der Waals surface area contributed by atoms with Crippen molar-refractivity contribution >= 4 is 15.8 Å². The molecule has 0 spiro atoms. The highest BCUT2D eigenvalue weighted by Crippen LogP contribution is 2.29. The minimum absolute atomic E-state index is 0.114. The normalized spacial score (nSPS) is 12.3. The highest BCUT2D eigenvalue weighted by atomic mass is 32.2. The molecule has 0 unspecified atom stereocenters. The van der Waals surface area contributed by atoms with E-state index >= 15 is 0 Å². The lowest BCUT2D eigenvalue weighted by molar-refractivity contribution is 0.0728. The van der Waals surface area contributed by atoms with E-state index in [0.717, 1.165) is 11.1 Å². The molecule has 166 valence electrons. The highest BCUT2D eigenvalue weighted by Gasteiger charge is 2.19. The van der Waals surface area contributed by atoms with E-state index in [1.54, 1.807) is 42.9 Å². The van der Waals surface area contributed by atoms with Crippen molar-refractivity contribution in [3.63, 3.8) is 0 Å². The van der Waals surface area contributed by atoms with Gasteiger partial charge in [0.15, 0.2) is 0 Å². The summed E-state index contributed by atoms with van der Waals surface area (Å²) >= 11 is 0. The van der Waals surface area contributed by atoms with Crippen molar-refractivity contribution in [1.82, 2.24) is 24.5 Å². The Labute approximate surface area is 182 Å². The molecule has 0 aliphatic carbocycles. The second-order valence-electron chi connectivity index (χ2n) is 8.01. The number of sulfonamides is 1. The van der Waals surface area contributed by atoms with Crippen LogP contribution in [0, 0.1) is 6.92 Å². The number of aliphatic hydroxyl groups is 1. The first-order valence-corrected chi connectivity index (χ1v) is 11.5. The van der Waals surface area contributed by atoms with E-state index in [9.17, 15) is 13.5 Å². The van der Waals surface area contributed by atoms with E-state index in [4.69, 9.17) is 5.73 Å². The van der Waals surface area contributed by atoms with Crippen LogP contribution >= 0.6 is 0 Å². The number of anilines is 1. The third-order valence-electron chi connectivity index (χ3n) is 4.86. The molecule has 0 amide bonds. The molecule has 0 fully saturated rings. The van der Waals surface area contributed by atoms with Crippen LogP contribution in [0.4, 0.5) is 5.82 Å². The summed E-state index contributed by atoms with van der Waals surface area (Å²) in [6.45, 7) is 7.96. The van der Waals surface area contributed by atoms with Gasteiger partial charge in [-0.1, -0.05) is 6.07 Å². The summed E-state index contributed by atoms with van der Waals surface area (Å²) in [6, 6.07) is 4.84. The standard InChI is InChI=1S/C21H28N6O3S/c1-5-27-13-15(11-24-27)19-20(22)23-12-18(26-19)17-10-16(7-6-14(17)2)31(29,30)25-9-8-21(3,4)28/h6-7,10-13,25,28H,5,8-9H2,1-4H3,(H2,22,23). The van der Waals surface area contributed by atoms with Crippen molar-refractivity contribution in [2.45, 2.75) is 51.2 Å². The van der Waals surface area contributed by atoms with Crippen LogP contribution in [0.2, 0.25) is 0 Å². The van der Waals surface area contributed by atoms with Crippen molar-refractivity contribution in [2.24, 2.45) is 0 Å². The topological polar surface area (TPSA) is 136 Å². The van der Waals surface area contributed by atoms with Gasteiger partial charge < -0.3 is 10.8 Å². The van der Waals surface area contributed by atoms with Gasteiger partial charge in [-0.3, -0.25) is 4.68 Å². The van der Waals surface area contributed by atoms with Crippen LogP contribution in [0.5, 0.6) is 0 Å². The molecular formula is C21H28N6O3S. The molecular weight excluding hydrogens is 416 g/mol. The Hall–Kier alpha value is -2.82. The minimum atomic E-state index is -3.75. The van der Waals surface area contributed by atoms with E-state index in [1.165, 1.54) is 6.20 Å². The Morgan fingerprint density at radius 2 is 2.00 bits per heavy atom. The van der Waals surface area contributed by atoms with E-state index in [1.807, 2.05) is 20.0 Å². The number of nitrogen functional groups attached to an aromatic ring is 1. The van der Waals surface area contributed by atoms with Gasteiger partial charge in [-0.25, -0.2) is 23.1 Å². The maximum absolute atomic E-state index is 12.7. The first-order chi connectivity index (χ1) is 14.5. The van der Waals surface area contributed by atoms with Crippen LogP contribution in [0.1, 0.15) is 32.8 Å². The predicted octanol–water partition coefficient (Wildman–Crippen LogP) is 2.36. The van der Waals surface area contributed by atoms with Crippen molar-refractivity contribution in [3.8, 4) is 22.5 Å². The number of nitrogens with two attached hydrogens (primary N) is 1. The van der Waals surface area contributed by atoms with Crippen LogP contribution < -0.4 is 10.5 Å². The van der Waals surface area contributed by atoms with Gasteiger partial charge in [0, 0.05) is 30.4 Å². The van der Waals surface area contributed by atoms with E-state index in [-0.39, 0.29) is 17.3 Å². The molecule has 3 aromatic rings. The number of hydrogen-bond acceptors (Lipinski definition) is 7. The molecule has 0 aliphatic heterocycles. The number of aryl methyl sites for hydroxylation is 2. The fourth-order valence-electron chi connectivity index (χ4n) is 3.02. The molecule has 0 saturated heterocycles. The van der Waals surface area contributed by atoms with Crippen LogP contribution in [0.3, 0.4) is 0 Å². The number of nitrogens with zero attached hydrogens (tertiary/aromatic N) is 4. The van der Waals surface area contributed by atoms with Gasteiger partial charge in [0.05, 0.1) is 28.6 Å². The molecule has 0 aliphatic rings. The zero-order valence-electron chi connectivity index (χ0n) is 18.1. The Morgan fingerprint density at radius 3 is 2.65 bits per heavy atom. The second-order valence-corrected chi connectivity index (χ2v) is 9.78. The van der Waals surface area contributed by atoms with Gasteiger partial charge >= 0.3 is 0 Å². The summed E-state index contributed by atoms with van der Waals surface area (Å²) in [5.74, 6) is 0.272. The van der Waals surface area contributed by atoms with Gasteiger partial charge in [0.2, 0.25) is 10.0 Å². The Bertz CT molecular complexity index is 1180. The molecule has 0 atom stereocenters. The Kier molecular flexibility index (Phi) is 6.44. The molecule has 31 heavy (non-hydrogen) atoms. The first kappa shape index (κ1) is 22.9. The summed E-state index contributed by atoms with van der Waals surface area (Å²) in [5, 5.41) is 14.1. The molecule has 0 saturated carbocycles. The number of nitrogens with one attached hydrogen (secondary N) is 1. The van der Waals surface area contributed by atoms with Crippen molar-refractivity contribution < 1.29 is 13.5 Å². The van der Waals surface area contributed by atoms with Gasteiger partial charge in [-0.15, -0.1) is 0 Å². The van der Waals surface area contributed by atoms with Crippen LogP contribution in [0.15, 0.2) is 41.7 Å². The lowest BCUT2D eigenvalue weighted by atomic mass is 10.1. The number of benzene rings is 1. The summed E-state index contributed by atoms with van der Waals surface area (Å²) < 4.78 is 29.8. The molecule has 2 heterocycles. The van der Waals surface area contributed by atoms with Gasteiger partial charge in [-0.2, -0.15) is 5.10 Å². The molecule has 10 heteroatoms. The monoisotopic (exact) mass is 444 g/mol. The van der Waals surface area contributed by atoms with Crippen molar-refractivity contribution in [2.75, 3.05) is 12.3 Å². The fraction of sp³-hybridized carbons (Fsp3) is 0.381. The number of rotatable bonds is 8. The van der Waals surface area contributed by atoms with Gasteiger partial charge in [0.25, 0.3) is 0 Å². The lowest BCUT2D eigenvalue weighted by Crippen LogP contribution is -2.30. The van der Waals surface area contributed by atoms with Gasteiger partial charge in [-0.05, 0) is 51.8 Å². The molecule has 0 bridgehead atoms. The summed E-state index contributed by atoms with van der Waals surface area (Å²) in [5.41, 5.74) is 8.32. The maximum Gasteiger partial charge on any atom is 0.240 e. The average molecular weight is 445 g/mol. The quantitative estimate of drug-likeness (QED) is 0.485. The smallest absolute Gasteiger partial charge is 0.240 e. The lowest BCUT2D eigenvalue weighted by Gasteiger charge is -2.17. The molecule has 0 radical (unpaired) electrons. The van der Waals surface area contributed by atoms with Crippen LogP contribution in [0.25, 0.3) is 22.5 Å². The number of hydrogen-bond donors (Lipinski definition) is 3. The van der Waals surface area contributed by atoms with Crippen molar-refractivity contribution in [1.29, 1.82) is 0 Å². The molecule has 9 nitrogen and oxygen atoms in total.